The Balaban J connectivity index is 1.89. The summed E-state index contributed by atoms with van der Waals surface area (Å²) in [4.78, 5) is 4.04. The molecular formula is C16H17ClN2. The van der Waals surface area contributed by atoms with E-state index in [9.17, 15) is 0 Å². The zero-order chi connectivity index (χ0) is 13.3. The number of fused-ring (bicyclic) bond motifs is 1. The fourth-order valence-corrected chi connectivity index (χ4v) is 3.25. The van der Waals surface area contributed by atoms with Gasteiger partial charge in [0, 0.05) is 12.4 Å². The van der Waals surface area contributed by atoms with Crippen molar-refractivity contribution in [3.05, 3.63) is 64.4 Å². The second kappa shape index (κ2) is 4.95. The van der Waals surface area contributed by atoms with Gasteiger partial charge in [0.2, 0.25) is 0 Å². The van der Waals surface area contributed by atoms with Crippen molar-refractivity contribution >= 4 is 11.6 Å². The fourth-order valence-electron chi connectivity index (χ4n) is 3.07. The molecule has 1 aliphatic carbocycles. The van der Waals surface area contributed by atoms with Gasteiger partial charge in [-0.3, -0.25) is 4.98 Å². The molecule has 2 aromatic rings. The highest BCUT2D eigenvalue weighted by Crippen LogP contribution is 2.39. The van der Waals surface area contributed by atoms with E-state index in [4.69, 9.17) is 17.3 Å². The number of benzene rings is 1. The lowest BCUT2D eigenvalue weighted by Crippen LogP contribution is -2.33. The molecular weight excluding hydrogens is 256 g/mol. The van der Waals surface area contributed by atoms with Crippen LogP contribution in [0.15, 0.2) is 42.7 Å². The van der Waals surface area contributed by atoms with E-state index in [0.717, 1.165) is 29.8 Å². The molecule has 0 amide bonds. The molecule has 1 aliphatic rings. The average molecular weight is 273 g/mol. The van der Waals surface area contributed by atoms with E-state index in [1.54, 1.807) is 12.4 Å². The molecule has 2 N–H and O–H groups in total. The van der Waals surface area contributed by atoms with E-state index < -0.39 is 0 Å². The molecule has 19 heavy (non-hydrogen) atoms. The van der Waals surface area contributed by atoms with Crippen LogP contribution in [0, 0.1) is 5.41 Å². The Kier molecular flexibility index (Phi) is 3.29. The summed E-state index contributed by atoms with van der Waals surface area (Å²) in [5.74, 6) is 0. The van der Waals surface area contributed by atoms with Crippen LogP contribution in [0.3, 0.4) is 0 Å². The second-order valence-electron chi connectivity index (χ2n) is 5.47. The molecule has 0 saturated heterocycles. The van der Waals surface area contributed by atoms with Crippen LogP contribution in [0.4, 0.5) is 0 Å². The highest BCUT2D eigenvalue weighted by atomic mass is 35.5. The van der Waals surface area contributed by atoms with Crippen LogP contribution in [-0.4, -0.2) is 11.5 Å². The first-order valence-electron chi connectivity index (χ1n) is 6.58. The fraction of sp³-hybridized carbons (Fsp3) is 0.312. The Morgan fingerprint density at radius 2 is 1.84 bits per heavy atom. The first kappa shape index (κ1) is 12.6. The molecule has 0 unspecified atom stereocenters. The zero-order valence-electron chi connectivity index (χ0n) is 10.8. The molecule has 3 rings (SSSR count). The summed E-state index contributed by atoms with van der Waals surface area (Å²) in [6.45, 7) is 0.681. The van der Waals surface area contributed by atoms with Crippen LogP contribution in [-0.2, 0) is 19.3 Å². The predicted octanol–water partition coefficient (Wildman–Crippen LogP) is 3.02. The van der Waals surface area contributed by atoms with Gasteiger partial charge >= 0.3 is 0 Å². The molecule has 0 fully saturated rings. The van der Waals surface area contributed by atoms with Crippen molar-refractivity contribution in [1.29, 1.82) is 0 Å². The Bertz CT molecular complexity index is 570. The van der Waals surface area contributed by atoms with Crippen molar-refractivity contribution in [3.8, 4) is 0 Å². The van der Waals surface area contributed by atoms with Crippen molar-refractivity contribution < 1.29 is 0 Å². The van der Waals surface area contributed by atoms with Gasteiger partial charge in [0.25, 0.3) is 0 Å². The first-order chi connectivity index (χ1) is 9.22. The summed E-state index contributed by atoms with van der Waals surface area (Å²) < 4.78 is 0. The van der Waals surface area contributed by atoms with Gasteiger partial charge in [-0.2, -0.15) is 0 Å². The largest absolute Gasteiger partial charge is 0.330 e. The number of rotatable bonds is 3. The van der Waals surface area contributed by atoms with E-state index in [1.807, 2.05) is 6.07 Å². The maximum atomic E-state index is 6.23. The van der Waals surface area contributed by atoms with Gasteiger partial charge in [0.15, 0.2) is 0 Å². The molecule has 1 aromatic heterocycles. The van der Waals surface area contributed by atoms with Crippen LogP contribution in [0.5, 0.6) is 0 Å². The van der Waals surface area contributed by atoms with Crippen molar-refractivity contribution in [1.82, 2.24) is 4.98 Å². The van der Waals surface area contributed by atoms with Gasteiger partial charge in [0.05, 0.1) is 5.02 Å². The lowest BCUT2D eigenvalue weighted by atomic mass is 9.79. The van der Waals surface area contributed by atoms with Crippen molar-refractivity contribution in [2.24, 2.45) is 11.1 Å². The topological polar surface area (TPSA) is 38.9 Å². The first-order valence-corrected chi connectivity index (χ1v) is 6.95. The van der Waals surface area contributed by atoms with Crippen molar-refractivity contribution in [2.45, 2.75) is 19.3 Å². The number of aromatic nitrogens is 1. The minimum atomic E-state index is 0.106. The molecule has 0 saturated carbocycles. The van der Waals surface area contributed by atoms with Gasteiger partial charge < -0.3 is 5.73 Å². The van der Waals surface area contributed by atoms with Crippen LogP contribution < -0.4 is 5.73 Å². The third-order valence-electron chi connectivity index (χ3n) is 4.10. The molecule has 3 heteroatoms. The Morgan fingerprint density at radius 3 is 2.42 bits per heavy atom. The monoisotopic (exact) mass is 272 g/mol. The van der Waals surface area contributed by atoms with Crippen LogP contribution >= 0.6 is 11.6 Å². The summed E-state index contributed by atoms with van der Waals surface area (Å²) in [5, 5.41) is 0.742. The molecule has 1 heterocycles. The number of pyridine rings is 1. The van der Waals surface area contributed by atoms with Gasteiger partial charge in [-0.15, -0.1) is 0 Å². The van der Waals surface area contributed by atoms with Crippen LogP contribution in [0.2, 0.25) is 5.02 Å². The standard InChI is InChI=1S/C16H17ClN2/c17-15-10-19-6-5-14(15)9-16(11-18)7-12-3-1-2-4-13(12)8-16/h1-6,10H,7-9,11,18H2. The maximum Gasteiger partial charge on any atom is 0.0621 e. The molecule has 98 valence electrons. The molecule has 0 bridgehead atoms. The van der Waals surface area contributed by atoms with E-state index in [2.05, 4.69) is 29.2 Å². The minimum absolute atomic E-state index is 0.106. The smallest absolute Gasteiger partial charge is 0.0621 e. The quantitative estimate of drug-likeness (QED) is 0.933. The molecule has 0 radical (unpaired) electrons. The number of hydrogen-bond donors (Lipinski definition) is 1. The highest BCUT2D eigenvalue weighted by Gasteiger charge is 2.36. The third kappa shape index (κ3) is 2.38. The number of nitrogens with two attached hydrogens (primary N) is 1. The number of halogens is 1. The van der Waals surface area contributed by atoms with Crippen LogP contribution in [0.25, 0.3) is 0 Å². The summed E-state index contributed by atoms with van der Waals surface area (Å²) in [5.41, 5.74) is 10.2. The third-order valence-corrected chi connectivity index (χ3v) is 4.44. The van der Waals surface area contributed by atoms with Gasteiger partial charge in [-0.1, -0.05) is 35.9 Å². The molecule has 0 spiro atoms. The summed E-state index contributed by atoms with van der Waals surface area (Å²) >= 11 is 6.23. The SMILES string of the molecule is NCC1(Cc2ccncc2Cl)Cc2ccccc2C1. The Hall–Kier alpha value is -1.38. The summed E-state index contributed by atoms with van der Waals surface area (Å²) in [7, 11) is 0. The molecule has 0 aliphatic heterocycles. The second-order valence-corrected chi connectivity index (χ2v) is 5.88. The van der Waals surface area contributed by atoms with E-state index in [-0.39, 0.29) is 5.41 Å². The Morgan fingerprint density at radius 1 is 1.16 bits per heavy atom. The molecule has 2 nitrogen and oxygen atoms in total. The lowest BCUT2D eigenvalue weighted by molar-refractivity contribution is 0.315. The zero-order valence-corrected chi connectivity index (χ0v) is 11.5. The van der Waals surface area contributed by atoms with E-state index in [1.165, 1.54) is 11.1 Å². The van der Waals surface area contributed by atoms with Gasteiger partial charge in [-0.25, -0.2) is 0 Å². The average Bonchev–Trinajstić information content (AvgIpc) is 2.80. The van der Waals surface area contributed by atoms with Crippen molar-refractivity contribution in [2.75, 3.05) is 6.54 Å². The summed E-state index contributed by atoms with van der Waals surface area (Å²) in [6, 6.07) is 10.6. The van der Waals surface area contributed by atoms with E-state index >= 15 is 0 Å². The van der Waals surface area contributed by atoms with E-state index in [0.29, 0.717) is 6.54 Å². The van der Waals surface area contributed by atoms with Crippen molar-refractivity contribution in [3.63, 3.8) is 0 Å². The lowest BCUT2D eigenvalue weighted by Gasteiger charge is -2.27. The van der Waals surface area contributed by atoms with Crippen LogP contribution in [0.1, 0.15) is 16.7 Å². The predicted molar refractivity (Wildman–Crippen MR) is 78.3 cm³/mol. The summed E-state index contributed by atoms with van der Waals surface area (Å²) in [6.07, 6.45) is 6.51. The normalized spacial score (nSPS) is 16.3. The minimum Gasteiger partial charge on any atom is -0.330 e. The maximum absolute atomic E-state index is 6.23. The number of nitrogens with zero attached hydrogens (tertiary/aromatic N) is 1. The van der Waals surface area contributed by atoms with Gasteiger partial charge in [0.1, 0.15) is 0 Å². The highest BCUT2D eigenvalue weighted by molar-refractivity contribution is 6.31. The Labute approximate surface area is 118 Å². The molecule has 1 aromatic carbocycles. The van der Waals surface area contributed by atoms with Gasteiger partial charge in [-0.05, 0) is 54.0 Å². The number of hydrogen-bond acceptors (Lipinski definition) is 2. The molecule has 0 atom stereocenters.